The van der Waals surface area contributed by atoms with E-state index in [2.05, 4.69) is 99.0 Å². The summed E-state index contributed by atoms with van der Waals surface area (Å²) in [5.41, 5.74) is 18.4. The van der Waals surface area contributed by atoms with Crippen LogP contribution in [0.1, 0.15) is 33.4 Å². The van der Waals surface area contributed by atoms with Gasteiger partial charge in [-0.25, -0.2) is 0 Å². The quantitative estimate of drug-likeness (QED) is 0.301. The molecule has 0 amide bonds. The molecule has 5 rings (SSSR count). The fraction of sp³-hybridized carbons (Fsp3) is 0.226. The number of hydrogen-bond donors (Lipinski definition) is 2. The van der Waals surface area contributed by atoms with Gasteiger partial charge in [-0.05, 0) is 125 Å². The Morgan fingerprint density at radius 1 is 0.576 bits per heavy atom. The molecule has 0 saturated heterocycles. The van der Waals surface area contributed by atoms with Crippen molar-refractivity contribution in [2.45, 2.75) is 34.1 Å². The van der Waals surface area contributed by atoms with Crippen molar-refractivity contribution in [1.29, 1.82) is 0 Å². The van der Waals surface area contributed by atoms with Gasteiger partial charge in [-0.15, -0.1) is 0 Å². The van der Waals surface area contributed by atoms with Crippen LogP contribution in [0, 0.1) is 27.7 Å². The maximum Gasteiger partial charge on any atom is 0.0397 e. The van der Waals surface area contributed by atoms with Gasteiger partial charge < -0.3 is 10.6 Å². The van der Waals surface area contributed by atoms with E-state index in [0.29, 0.717) is 0 Å². The number of aryl methyl sites for hydroxylation is 4. The van der Waals surface area contributed by atoms with Gasteiger partial charge in [0, 0.05) is 25.5 Å². The predicted molar refractivity (Wildman–Crippen MR) is 144 cm³/mol. The smallest absolute Gasteiger partial charge is 0.0397 e. The summed E-state index contributed by atoms with van der Waals surface area (Å²) >= 11 is 0. The van der Waals surface area contributed by atoms with Crippen LogP contribution >= 0.6 is 0 Å². The molecule has 0 bridgehead atoms. The van der Waals surface area contributed by atoms with Crippen molar-refractivity contribution in [3.63, 3.8) is 0 Å². The Balaban J connectivity index is 1.82. The van der Waals surface area contributed by atoms with E-state index in [4.69, 9.17) is 0 Å². The maximum atomic E-state index is 3.38. The van der Waals surface area contributed by atoms with Crippen LogP contribution in [-0.4, -0.2) is 14.1 Å². The third kappa shape index (κ3) is 3.41. The van der Waals surface area contributed by atoms with Crippen LogP contribution in [-0.2, 0) is 6.42 Å². The molecule has 1 aliphatic rings. The fourth-order valence-corrected chi connectivity index (χ4v) is 5.80. The summed E-state index contributed by atoms with van der Waals surface area (Å²) in [6, 6.07) is 22.9. The van der Waals surface area contributed by atoms with Gasteiger partial charge in [0.25, 0.3) is 0 Å². The number of fused-ring (bicyclic) bond motifs is 3. The van der Waals surface area contributed by atoms with Gasteiger partial charge in [0.1, 0.15) is 0 Å². The van der Waals surface area contributed by atoms with Crippen LogP contribution in [0.4, 0.5) is 11.4 Å². The zero-order valence-corrected chi connectivity index (χ0v) is 20.5. The van der Waals surface area contributed by atoms with Gasteiger partial charge in [-0.1, -0.05) is 36.4 Å². The molecule has 0 radical (unpaired) electrons. The average Bonchev–Trinajstić information content (AvgIpc) is 3.16. The average molecular weight is 433 g/mol. The van der Waals surface area contributed by atoms with Crippen molar-refractivity contribution in [2.75, 3.05) is 24.7 Å². The zero-order chi connectivity index (χ0) is 23.3. The van der Waals surface area contributed by atoms with E-state index >= 15 is 0 Å². The van der Waals surface area contributed by atoms with E-state index in [9.17, 15) is 0 Å². The molecule has 2 N–H and O–H groups in total. The molecule has 0 aliphatic heterocycles. The third-order valence-electron chi connectivity index (χ3n) is 7.15. The van der Waals surface area contributed by atoms with E-state index in [1.54, 1.807) is 0 Å². The zero-order valence-electron chi connectivity index (χ0n) is 20.5. The molecule has 0 saturated carbocycles. The maximum absolute atomic E-state index is 3.38. The summed E-state index contributed by atoms with van der Waals surface area (Å²) in [5, 5.41) is 6.74. The largest absolute Gasteiger partial charge is 0.388 e. The van der Waals surface area contributed by atoms with E-state index in [1.807, 2.05) is 14.1 Å². The van der Waals surface area contributed by atoms with E-state index in [1.165, 1.54) is 78.1 Å². The summed E-state index contributed by atoms with van der Waals surface area (Å²) in [4.78, 5) is 0. The van der Waals surface area contributed by atoms with E-state index in [0.717, 1.165) is 6.42 Å². The van der Waals surface area contributed by atoms with Crippen LogP contribution < -0.4 is 10.6 Å². The normalized spacial score (nSPS) is 11.8. The first-order valence-corrected chi connectivity index (χ1v) is 11.8. The number of hydrogen-bond acceptors (Lipinski definition) is 2. The molecular formula is C31H32N2. The summed E-state index contributed by atoms with van der Waals surface area (Å²) < 4.78 is 0. The molecule has 166 valence electrons. The second-order valence-electron chi connectivity index (χ2n) is 9.32. The van der Waals surface area contributed by atoms with Crippen molar-refractivity contribution < 1.29 is 0 Å². The topological polar surface area (TPSA) is 24.1 Å². The lowest BCUT2D eigenvalue weighted by Gasteiger charge is -2.20. The van der Waals surface area contributed by atoms with Gasteiger partial charge in [-0.3, -0.25) is 0 Å². The molecule has 2 nitrogen and oxygen atoms in total. The van der Waals surface area contributed by atoms with Crippen molar-refractivity contribution in [1.82, 2.24) is 0 Å². The fourth-order valence-electron chi connectivity index (χ4n) is 5.80. The van der Waals surface area contributed by atoms with Crippen LogP contribution in [0.2, 0.25) is 0 Å². The number of nitrogens with one attached hydrogen (secondary N) is 2. The third-order valence-corrected chi connectivity index (χ3v) is 7.15. The van der Waals surface area contributed by atoms with Gasteiger partial charge in [-0.2, -0.15) is 0 Å². The van der Waals surface area contributed by atoms with Crippen LogP contribution in [0.5, 0.6) is 0 Å². The van der Waals surface area contributed by atoms with Gasteiger partial charge >= 0.3 is 0 Å². The molecule has 33 heavy (non-hydrogen) atoms. The Labute approximate surface area is 197 Å². The molecule has 4 aromatic carbocycles. The molecule has 0 heterocycles. The Hall–Kier alpha value is -3.52. The van der Waals surface area contributed by atoms with Crippen molar-refractivity contribution in [3.05, 3.63) is 94.0 Å². The molecule has 0 aromatic heterocycles. The molecule has 2 heteroatoms. The minimum Gasteiger partial charge on any atom is -0.388 e. The van der Waals surface area contributed by atoms with Crippen LogP contribution in [0.25, 0.3) is 33.4 Å². The highest BCUT2D eigenvalue weighted by Gasteiger charge is 2.25. The highest BCUT2D eigenvalue weighted by atomic mass is 14.8. The standard InChI is InChI=1S/C31H32N2/c1-18-13-23(14-19(2)30(18)32-5)26-11-12-27-25-10-8-7-9-22(25)17-28(27)29(26)24-15-20(3)31(33-6)21(4)16-24/h7-16,32-33H,17H2,1-6H3. The Morgan fingerprint density at radius 3 is 1.67 bits per heavy atom. The van der Waals surface area contributed by atoms with Gasteiger partial charge in [0.05, 0.1) is 0 Å². The number of benzene rings is 4. The van der Waals surface area contributed by atoms with Crippen molar-refractivity contribution in [3.8, 4) is 33.4 Å². The molecule has 0 spiro atoms. The molecular weight excluding hydrogens is 400 g/mol. The first kappa shape index (κ1) is 21.3. The second-order valence-corrected chi connectivity index (χ2v) is 9.32. The molecule has 0 unspecified atom stereocenters. The highest BCUT2D eigenvalue weighted by molar-refractivity contribution is 5.95. The summed E-state index contributed by atoms with van der Waals surface area (Å²) in [6.45, 7) is 8.80. The Morgan fingerprint density at radius 2 is 1.09 bits per heavy atom. The first-order chi connectivity index (χ1) is 15.9. The first-order valence-electron chi connectivity index (χ1n) is 11.8. The Bertz CT molecular complexity index is 1350. The minimum atomic E-state index is 0.979. The highest BCUT2D eigenvalue weighted by Crippen LogP contribution is 2.47. The van der Waals surface area contributed by atoms with Gasteiger partial charge in [0.2, 0.25) is 0 Å². The van der Waals surface area contributed by atoms with E-state index in [-0.39, 0.29) is 0 Å². The lowest BCUT2D eigenvalue weighted by Crippen LogP contribution is -2.00. The molecule has 0 atom stereocenters. The molecule has 0 fully saturated rings. The van der Waals surface area contributed by atoms with Gasteiger partial charge in [0.15, 0.2) is 0 Å². The number of anilines is 2. The van der Waals surface area contributed by atoms with E-state index < -0.39 is 0 Å². The predicted octanol–water partition coefficient (Wildman–Crippen LogP) is 7.91. The number of rotatable bonds is 4. The van der Waals surface area contributed by atoms with Crippen LogP contribution in [0.15, 0.2) is 60.7 Å². The summed E-state index contributed by atoms with van der Waals surface area (Å²) in [5.74, 6) is 0. The summed E-state index contributed by atoms with van der Waals surface area (Å²) in [6.07, 6.45) is 0.979. The van der Waals surface area contributed by atoms with Crippen molar-refractivity contribution >= 4 is 11.4 Å². The minimum absolute atomic E-state index is 0.979. The second kappa shape index (κ2) is 8.12. The lowest BCUT2D eigenvalue weighted by atomic mass is 9.85. The monoisotopic (exact) mass is 432 g/mol. The lowest BCUT2D eigenvalue weighted by molar-refractivity contribution is 1.26. The summed E-state index contributed by atoms with van der Waals surface area (Å²) in [7, 11) is 4.01. The Kier molecular flexibility index (Phi) is 5.25. The molecule has 4 aromatic rings. The SMILES string of the molecule is CNc1c(C)cc(-c2ccc3c(c2-c2cc(C)c(NC)c(C)c2)Cc2ccccc2-3)cc1C. The van der Waals surface area contributed by atoms with Crippen molar-refractivity contribution in [2.24, 2.45) is 0 Å². The van der Waals surface area contributed by atoms with Crippen LogP contribution in [0.3, 0.4) is 0 Å². The molecule has 1 aliphatic carbocycles.